The molecule has 0 unspecified atom stereocenters. The second kappa shape index (κ2) is 13.9. The molecule has 210 valence electrons. The number of ether oxygens (including phenoxy) is 3. The normalized spacial score (nSPS) is 12.6. The lowest BCUT2D eigenvalue weighted by Crippen LogP contribution is -2.42. The maximum Gasteiger partial charge on any atom is 0.407 e. The minimum absolute atomic E-state index is 0.0502. The smallest absolute Gasteiger partial charge is 0.407 e. The van der Waals surface area contributed by atoms with Crippen molar-refractivity contribution in [2.75, 3.05) is 18.6 Å². The van der Waals surface area contributed by atoms with Crippen molar-refractivity contribution in [2.24, 2.45) is 0 Å². The lowest BCUT2D eigenvalue weighted by molar-refractivity contribution is -0.147. The molecule has 0 radical (unpaired) electrons. The number of carbonyl (C=O) groups is 2. The summed E-state index contributed by atoms with van der Waals surface area (Å²) in [6.07, 6.45) is 1.77. The predicted molar refractivity (Wildman–Crippen MR) is 162 cm³/mol. The van der Waals surface area contributed by atoms with Crippen molar-refractivity contribution in [3.8, 4) is 16.9 Å². The minimum atomic E-state index is -0.795. The van der Waals surface area contributed by atoms with Crippen LogP contribution in [0.4, 0.5) is 4.79 Å². The fraction of sp³-hybridized carbons (Fsp3) is 0.235. The van der Waals surface area contributed by atoms with Gasteiger partial charge in [-0.2, -0.15) is 11.8 Å². The zero-order chi connectivity index (χ0) is 28.4. The summed E-state index contributed by atoms with van der Waals surface area (Å²) < 4.78 is 17.0. The molecule has 0 bridgehead atoms. The van der Waals surface area contributed by atoms with Gasteiger partial charge in [-0.25, -0.2) is 9.59 Å². The van der Waals surface area contributed by atoms with Crippen LogP contribution in [-0.4, -0.2) is 36.7 Å². The molecular formula is C34H33NO5S. The first kappa shape index (κ1) is 28.3. The van der Waals surface area contributed by atoms with Gasteiger partial charge in [-0.3, -0.25) is 0 Å². The Bertz CT molecular complexity index is 1410. The van der Waals surface area contributed by atoms with E-state index in [1.807, 2.05) is 85.1 Å². The Balaban J connectivity index is 1.13. The minimum Gasteiger partial charge on any atom is -0.489 e. The van der Waals surface area contributed by atoms with E-state index in [4.69, 9.17) is 14.2 Å². The van der Waals surface area contributed by atoms with Crippen LogP contribution in [0, 0.1) is 0 Å². The fourth-order valence-corrected chi connectivity index (χ4v) is 5.41. The van der Waals surface area contributed by atoms with Gasteiger partial charge in [0.05, 0.1) is 0 Å². The van der Waals surface area contributed by atoms with Gasteiger partial charge >= 0.3 is 12.1 Å². The summed E-state index contributed by atoms with van der Waals surface area (Å²) in [4.78, 5) is 25.8. The number of alkyl carbamates (subject to hydrolysis) is 1. The summed E-state index contributed by atoms with van der Waals surface area (Å²) in [7, 11) is 0. The Kier molecular flexibility index (Phi) is 9.60. The Morgan fingerprint density at radius 3 is 1.98 bits per heavy atom. The Labute approximate surface area is 245 Å². The van der Waals surface area contributed by atoms with E-state index in [2.05, 4.69) is 29.6 Å². The van der Waals surface area contributed by atoms with Gasteiger partial charge < -0.3 is 19.5 Å². The number of esters is 1. The van der Waals surface area contributed by atoms with Gasteiger partial charge in [0.1, 0.15) is 31.6 Å². The van der Waals surface area contributed by atoms with Crippen molar-refractivity contribution < 1.29 is 23.8 Å². The van der Waals surface area contributed by atoms with Crippen LogP contribution in [0.15, 0.2) is 103 Å². The van der Waals surface area contributed by atoms with E-state index in [1.165, 1.54) is 0 Å². The molecule has 6 nitrogen and oxygen atoms in total. The van der Waals surface area contributed by atoms with Gasteiger partial charge in [-0.05, 0) is 63.9 Å². The highest BCUT2D eigenvalue weighted by Crippen LogP contribution is 2.44. The zero-order valence-electron chi connectivity index (χ0n) is 23.0. The average Bonchev–Trinajstić information content (AvgIpc) is 3.34. The zero-order valence-corrected chi connectivity index (χ0v) is 23.8. The summed E-state index contributed by atoms with van der Waals surface area (Å²) in [5, 5.41) is 2.74. The second-order valence-corrected chi connectivity index (χ2v) is 10.8. The van der Waals surface area contributed by atoms with Crippen LogP contribution in [0.3, 0.4) is 0 Å². The highest BCUT2D eigenvalue weighted by Gasteiger charge is 2.30. The topological polar surface area (TPSA) is 73.9 Å². The number of hydrogen-bond donors (Lipinski definition) is 1. The lowest BCUT2D eigenvalue weighted by Gasteiger charge is -2.19. The third kappa shape index (κ3) is 7.30. The average molecular weight is 568 g/mol. The summed E-state index contributed by atoms with van der Waals surface area (Å²) in [5.74, 6) is 0.972. The van der Waals surface area contributed by atoms with Gasteiger partial charge in [0, 0.05) is 5.92 Å². The first-order chi connectivity index (χ1) is 20.1. The number of para-hydroxylation sites is 1. The highest BCUT2D eigenvalue weighted by molar-refractivity contribution is 7.98. The Hall–Kier alpha value is -4.23. The first-order valence-electron chi connectivity index (χ1n) is 13.6. The summed E-state index contributed by atoms with van der Waals surface area (Å²) >= 11 is 1.60. The number of fused-ring (bicyclic) bond motifs is 3. The molecular weight excluding hydrogens is 534 g/mol. The molecule has 1 N–H and O–H groups in total. The van der Waals surface area contributed by atoms with Crippen LogP contribution < -0.4 is 10.1 Å². The number of hydrogen-bond acceptors (Lipinski definition) is 6. The third-order valence-electron chi connectivity index (χ3n) is 7.08. The standard InChI is InChI=1S/C34H33NO5S/c1-41-20-19-32(33(36)39-22-25-17-15-24(16-18-25)21-38-26-9-3-2-4-10-26)35-34(37)40-23-31-29-13-7-5-11-27(29)28-12-6-8-14-30(28)31/h2-18,31-32H,19-23H2,1H3,(H,35,37)/t32-/m1/s1. The van der Waals surface area contributed by atoms with Gasteiger partial charge in [0.2, 0.25) is 0 Å². The number of rotatable bonds is 12. The molecule has 0 aliphatic heterocycles. The Morgan fingerprint density at radius 2 is 1.34 bits per heavy atom. The van der Waals surface area contributed by atoms with Gasteiger partial charge in [0.15, 0.2) is 0 Å². The summed E-state index contributed by atoms with van der Waals surface area (Å²) in [6, 6.07) is 32.9. The maximum atomic E-state index is 13.0. The molecule has 0 spiro atoms. The van der Waals surface area contributed by atoms with Crippen molar-refractivity contribution in [1.29, 1.82) is 0 Å². The van der Waals surface area contributed by atoms with E-state index in [-0.39, 0.29) is 19.1 Å². The van der Waals surface area contributed by atoms with Crippen molar-refractivity contribution in [1.82, 2.24) is 5.32 Å². The molecule has 1 atom stereocenters. The number of nitrogens with one attached hydrogen (secondary N) is 1. The molecule has 5 rings (SSSR count). The SMILES string of the molecule is CSCC[C@@H](NC(=O)OCC1c2ccccc2-c2ccccc21)C(=O)OCc1ccc(COc2ccccc2)cc1. The lowest BCUT2D eigenvalue weighted by atomic mass is 9.98. The van der Waals surface area contributed by atoms with Crippen molar-refractivity contribution in [3.05, 3.63) is 125 Å². The van der Waals surface area contributed by atoms with Crippen LogP contribution in [0.25, 0.3) is 11.1 Å². The van der Waals surface area contributed by atoms with Gasteiger partial charge in [-0.15, -0.1) is 0 Å². The molecule has 4 aromatic rings. The molecule has 0 saturated heterocycles. The monoisotopic (exact) mass is 567 g/mol. The molecule has 7 heteroatoms. The van der Waals surface area contributed by atoms with E-state index < -0.39 is 18.1 Å². The molecule has 1 aliphatic rings. The highest BCUT2D eigenvalue weighted by atomic mass is 32.2. The van der Waals surface area contributed by atoms with E-state index in [0.717, 1.165) is 39.1 Å². The van der Waals surface area contributed by atoms with Gasteiger partial charge in [-0.1, -0.05) is 91.0 Å². The van der Waals surface area contributed by atoms with Crippen LogP contribution in [-0.2, 0) is 27.5 Å². The number of amides is 1. The molecule has 0 heterocycles. The number of thioether (sulfide) groups is 1. The fourth-order valence-electron chi connectivity index (χ4n) is 4.94. The first-order valence-corrected chi connectivity index (χ1v) is 15.0. The third-order valence-corrected chi connectivity index (χ3v) is 7.73. The maximum absolute atomic E-state index is 13.0. The predicted octanol–water partition coefficient (Wildman–Crippen LogP) is 6.97. The van der Waals surface area contributed by atoms with Crippen LogP contribution in [0.1, 0.15) is 34.6 Å². The number of benzene rings is 4. The van der Waals surface area contributed by atoms with Crippen LogP contribution in [0.2, 0.25) is 0 Å². The largest absolute Gasteiger partial charge is 0.489 e. The Morgan fingerprint density at radius 1 is 0.756 bits per heavy atom. The van der Waals surface area contributed by atoms with E-state index in [1.54, 1.807) is 11.8 Å². The summed E-state index contributed by atoms with van der Waals surface area (Å²) in [6.45, 7) is 0.746. The van der Waals surface area contributed by atoms with Crippen molar-refractivity contribution >= 4 is 23.8 Å². The van der Waals surface area contributed by atoms with E-state index in [0.29, 0.717) is 18.8 Å². The van der Waals surface area contributed by atoms with Crippen LogP contribution >= 0.6 is 11.8 Å². The summed E-state index contributed by atoms with van der Waals surface area (Å²) in [5.41, 5.74) is 6.46. The molecule has 4 aromatic carbocycles. The number of carbonyl (C=O) groups excluding carboxylic acids is 2. The molecule has 0 aromatic heterocycles. The molecule has 0 fully saturated rings. The molecule has 0 saturated carbocycles. The molecule has 41 heavy (non-hydrogen) atoms. The van der Waals surface area contributed by atoms with E-state index in [9.17, 15) is 9.59 Å². The van der Waals surface area contributed by atoms with Crippen molar-refractivity contribution in [2.45, 2.75) is 31.6 Å². The van der Waals surface area contributed by atoms with Gasteiger partial charge in [0.25, 0.3) is 0 Å². The van der Waals surface area contributed by atoms with Crippen molar-refractivity contribution in [3.63, 3.8) is 0 Å². The second-order valence-electron chi connectivity index (χ2n) is 9.83. The quantitative estimate of drug-likeness (QED) is 0.186. The van der Waals surface area contributed by atoms with Crippen LogP contribution in [0.5, 0.6) is 5.75 Å². The van der Waals surface area contributed by atoms with E-state index >= 15 is 0 Å². The molecule has 1 aliphatic carbocycles. The molecule has 1 amide bonds.